The monoisotopic (exact) mass is 222 g/mol. The number of hydrogen-bond donors (Lipinski definition) is 0. The second-order valence-corrected chi connectivity index (χ2v) is 5.50. The van der Waals surface area contributed by atoms with Crippen LogP contribution in [0.3, 0.4) is 0 Å². The fourth-order valence-electron chi connectivity index (χ4n) is 0.961. The summed E-state index contributed by atoms with van der Waals surface area (Å²) in [5, 5.41) is 0. The Labute approximate surface area is 85.6 Å². The van der Waals surface area contributed by atoms with Crippen molar-refractivity contribution in [2.24, 2.45) is 0 Å². The molecule has 0 aliphatic carbocycles. The molecule has 0 heterocycles. The van der Waals surface area contributed by atoms with Crippen molar-refractivity contribution in [2.75, 3.05) is 18.1 Å². The zero-order valence-electron chi connectivity index (χ0n) is 8.78. The molecule has 0 N–H and O–H groups in total. The molecule has 0 aliphatic heterocycles. The molecule has 0 saturated heterocycles. The Morgan fingerprint density at radius 3 is 2.29 bits per heavy atom. The number of unbranched alkanes of at least 4 members (excludes halogenated alkanes) is 1. The van der Waals surface area contributed by atoms with Crippen molar-refractivity contribution >= 4 is 15.8 Å². The van der Waals surface area contributed by atoms with Gasteiger partial charge in [-0.3, -0.25) is 4.79 Å². The van der Waals surface area contributed by atoms with E-state index >= 15 is 0 Å². The fraction of sp³-hybridized carbons (Fsp3) is 0.889. The smallest absolute Gasteiger partial charge is 0.302 e. The molecular weight excluding hydrogens is 204 g/mol. The molecule has 0 spiro atoms. The molecule has 5 heteroatoms. The van der Waals surface area contributed by atoms with E-state index in [1.807, 2.05) is 6.92 Å². The third kappa shape index (κ3) is 8.04. The standard InChI is InChI=1S/C9H18O4S/c1-3-4-7-14(11,12)8-5-6-13-9(2)10/h3-8H2,1-2H3. The molecule has 4 nitrogen and oxygen atoms in total. The van der Waals surface area contributed by atoms with E-state index in [0.29, 0.717) is 12.8 Å². The van der Waals surface area contributed by atoms with Crippen LogP contribution in [0.2, 0.25) is 0 Å². The second-order valence-electron chi connectivity index (χ2n) is 3.20. The summed E-state index contributed by atoms with van der Waals surface area (Å²) in [7, 11) is -2.93. The Bertz CT molecular complexity index is 256. The predicted octanol–water partition coefficient (Wildman–Crippen LogP) is 1.15. The first-order valence-corrected chi connectivity index (χ1v) is 6.64. The van der Waals surface area contributed by atoms with Crippen molar-refractivity contribution in [1.82, 2.24) is 0 Å². The third-order valence-corrected chi connectivity index (χ3v) is 3.54. The van der Waals surface area contributed by atoms with Crippen LogP contribution in [-0.2, 0) is 19.4 Å². The van der Waals surface area contributed by atoms with E-state index in [1.165, 1.54) is 6.92 Å². The average Bonchev–Trinajstić information content (AvgIpc) is 2.09. The summed E-state index contributed by atoms with van der Waals surface area (Å²) >= 11 is 0. The summed E-state index contributed by atoms with van der Waals surface area (Å²) in [4.78, 5) is 10.4. The number of hydrogen-bond acceptors (Lipinski definition) is 4. The molecule has 0 atom stereocenters. The van der Waals surface area contributed by atoms with Gasteiger partial charge in [0.05, 0.1) is 18.1 Å². The van der Waals surface area contributed by atoms with Crippen LogP contribution >= 0.6 is 0 Å². The molecule has 0 radical (unpaired) electrons. The second kappa shape index (κ2) is 6.81. The maximum absolute atomic E-state index is 11.3. The number of sulfone groups is 1. The van der Waals surface area contributed by atoms with Crippen LogP contribution in [0.4, 0.5) is 0 Å². The molecule has 0 aliphatic rings. The highest BCUT2D eigenvalue weighted by atomic mass is 32.2. The maximum atomic E-state index is 11.3. The van der Waals surface area contributed by atoms with Crippen LogP contribution in [0.25, 0.3) is 0 Å². The van der Waals surface area contributed by atoms with Gasteiger partial charge in [-0.25, -0.2) is 8.42 Å². The highest BCUT2D eigenvalue weighted by Crippen LogP contribution is 1.99. The van der Waals surface area contributed by atoms with Gasteiger partial charge in [-0.05, 0) is 12.8 Å². The maximum Gasteiger partial charge on any atom is 0.302 e. The van der Waals surface area contributed by atoms with Gasteiger partial charge in [0.1, 0.15) is 9.84 Å². The normalized spacial score (nSPS) is 11.3. The highest BCUT2D eigenvalue weighted by molar-refractivity contribution is 7.91. The summed E-state index contributed by atoms with van der Waals surface area (Å²) in [6.45, 7) is 3.46. The molecule has 14 heavy (non-hydrogen) atoms. The number of rotatable bonds is 7. The van der Waals surface area contributed by atoms with Crippen molar-refractivity contribution in [3.8, 4) is 0 Å². The summed E-state index contributed by atoms with van der Waals surface area (Å²) in [5.74, 6) is -0.0138. The van der Waals surface area contributed by atoms with E-state index in [2.05, 4.69) is 4.74 Å². The van der Waals surface area contributed by atoms with Crippen molar-refractivity contribution < 1.29 is 17.9 Å². The molecule has 0 fully saturated rings. The van der Waals surface area contributed by atoms with Gasteiger partial charge in [-0.1, -0.05) is 13.3 Å². The van der Waals surface area contributed by atoms with E-state index in [9.17, 15) is 13.2 Å². The third-order valence-electron chi connectivity index (χ3n) is 1.71. The van der Waals surface area contributed by atoms with Crippen LogP contribution in [0.5, 0.6) is 0 Å². The average molecular weight is 222 g/mol. The van der Waals surface area contributed by atoms with E-state index in [0.717, 1.165) is 6.42 Å². The Balaban J connectivity index is 3.61. The van der Waals surface area contributed by atoms with Crippen molar-refractivity contribution in [3.63, 3.8) is 0 Å². The summed E-state index contributed by atoms with van der Waals surface area (Å²) < 4.78 is 27.2. The van der Waals surface area contributed by atoms with Gasteiger partial charge >= 0.3 is 5.97 Å². The number of carbonyl (C=O) groups excluding carboxylic acids is 1. The van der Waals surface area contributed by atoms with Crippen LogP contribution in [0, 0.1) is 0 Å². The summed E-state index contributed by atoms with van der Waals surface area (Å²) in [6.07, 6.45) is 1.98. The van der Waals surface area contributed by atoms with E-state index in [4.69, 9.17) is 0 Å². The first-order valence-electron chi connectivity index (χ1n) is 4.81. The number of esters is 1. The van der Waals surface area contributed by atoms with E-state index < -0.39 is 9.84 Å². The van der Waals surface area contributed by atoms with Crippen LogP contribution in [-0.4, -0.2) is 32.5 Å². The minimum Gasteiger partial charge on any atom is -0.466 e. The first kappa shape index (κ1) is 13.4. The molecular formula is C9H18O4S. The molecule has 0 rings (SSSR count). The molecule has 0 amide bonds. The number of ether oxygens (including phenoxy) is 1. The molecule has 84 valence electrons. The van der Waals surface area contributed by atoms with Gasteiger partial charge in [-0.15, -0.1) is 0 Å². The minimum absolute atomic E-state index is 0.111. The Hall–Kier alpha value is -0.580. The zero-order valence-corrected chi connectivity index (χ0v) is 9.60. The molecule has 0 unspecified atom stereocenters. The molecule has 0 saturated carbocycles. The summed E-state index contributed by atoms with van der Waals surface area (Å²) in [6, 6.07) is 0. The van der Waals surface area contributed by atoms with Gasteiger partial charge < -0.3 is 4.74 Å². The van der Waals surface area contributed by atoms with Crippen LogP contribution < -0.4 is 0 Å². The Morgan fingerprint density at radius 2 is 1.79 bits per heavy atom. The van der Waals surface area contributed by atoms with Gasteiger partial charge in [-0.2, -0.15) is 0 Å². The van der Waals surface area contributed by atoms with Crippen molar-refractivity contribution in [3.05, 3.63) is 0 Å². The first-order chi connectivity index (χ1) is 6.48. The zero-order chi connectivity index (χ0) is 11.0. The molecule has 0 bridgehead atoms. The molecule has 0 aromatic heterocycles. The predicted molar refractivity (Wildman–Crippen MR) is 54.8 cm³/mol. The largest absolute Gasteiger partial charge is 0.466 e. The Morgan fingerprint density at radius 1 is 1.21 bits per heavy atom. The number of carbonyl (C=O) groups is 1. The Kier molecular flexibility index (Phi) is 6.53. The lowest BCUT2D eigenvalue weighted by molar-refractivity contribution is -0.140. The van der Waals surface area contributed by atoms with Gasteiger partial charge in [0.15, 0.2) is 0 Å². The minimum atomic E-state index is -2.93. The van der Waals surface area contributed by atoms with E-state index in [1.54, 1.807) is 0 Å². The van der Waals surface area contributed by atoms with Crippen LogP contribution in [0.15, 0.2) is 0 Å². The van der Waals surface area contributed by atoms with Crippen molar-refractivity contribution in [1.29, 1.82) is 0 Å². The van der Waals surface area contributed by atoms with Crippen molar-refractivity contribution in [2.45, 2.75) is 33.1 Å². The lowest BCUT2D eigenvalue weighted by Crippen LogP contribution is -2.13. The van der Waals surface area contributed by atoms with Crippen LogP contribution in [0.1, 0.15) is 33.1 Å². The lowest BCUT2D eigenvalue weighted by Gasteiger charge is -2.03. The molecule has 0 aromatic carbocycles. The van der Waals surface area contributed by atoms with E-state index in [-0.39, 0.29) is 24.1 Å². The SMILES string of the molecule is CCCCS(=O)(=O)CCCOC(C)=O. The topological polar surface area (TPSA) is 60.4 Å². The molecule has 0 aromatic rings. The van der Waals surface area contributed by atoms with Gasteiger partial charge in [0, 0.05) is 6.92 Å². The summed E-state index contributed by atoms with van der Waals surface area (Å²) in [5.41, 5.74) is 0. The van der Waals surface area contributed by atoms with Gasteiger partial charge in [0.25, 0.3) is 0 Å². The van der Waals surface area contributed by atoms with Gasteiger partial charge in [0.2, 0.25) is 0 Å². The fourth-order valence-corrected chi connectivity index (χ4v) is 2.45. The highest BCUT2D eigenvalue weighted by Gasteiger charge is 2.09. The quantitative estimate of drug-likeness (QED) is 0.479. The lowest BCUT2D eigenvalue weighted by atomic mass is 10.4.